The number of aromatic nitrogens is 1. The summed E-state index contributed by atoms with van der Waals surface area (Å²) >= 11 is 3.35. The Balaban J connectivity index is 1.55. The molecule has 1 aromatic carbocycles. The Kier molecular flexibility index (Phi) is 5.95. The molecule has 0 saturated heterocycles. The van der Waals surface area contributed by atoms with Crippen LogP contribution in [0.2, 0.25) is 0 Å². The highest BCUT2D eigenvalue weighted by atomic mass is 79.9. The van der Waals surface area contributed by atoms with Gasteiger partial charge in [-0.05, 0) is 56.0 Å². The molecular formula is C19H21BrN4O3. The van der Waals surface area contributed by atoms with E-state index in [0.717, 1.165) is 30.2 Å². The van der Waals surface area contributed by atoms with Crippen LogP contribution in [0.15, 0.2) is 41.0 Å². The molecule has 1 fully saturated rings. The van der Waals surface area contributed by atoms with Gasteiger partial charge in [-0.3, -0.25) is 9.59 Å². The maximum absolute atomic E-state index is 12.4. The number of hydrogen-bond acceptors (Lipinski definition) is 5. The first-order valence-corrected chi connectivity index (χ1v) is 9.50. The number of nitrogens with zero attached hydrogens (tertiary/aromatic N) is 1. The molecule has 1 heterocycles. The summed E-state index contributed by atoms with van der Waals surface area (Å²) in [5.74, 6) is -0.442. The van der Waals surface area contributed by atoms with E-state index in [-0.39, 0.29) is 29.5 Å². The Morgan fingerprint density at radius 2 is 1.93 bits per heavy atom. The number of ether oxygens (including phenoxy) is 1. The number of anilines is 1. The molecule has 3 rings (SSSR count). The van der Waals surface area contributed by atoms with E-state index in [0.29, 0.717) is 11.3 Å². The Morgan fingerprint density at radius 3 is 2.59 bits per heavy atom. The van der Waals surface area contributed by atoms with Crippen LogP contribution < -0.4 is 21.5 Å². The van der Waals surface area contributed by atoms with Gasteiger partial charge in [-0.2, -0.15) is 0 Å². The van der Waals surface area contributed by atoms with Crippen molar-refractivity contribution < 1.29 is 14.3 Å². The van der Waals surface area contributed by atoms with Crippen LogP contribution in [0, 0.1) is 0 Å². The highest BCUT2D eigenvalue weighted by molar-refractivity contribution is 9.10. The summed E-state index contributed by atoms with van der Waals surface area (Å²) in [7, 11) is 0. The van der Waals surface area contributed by atoms with Crippen molar-refractivity contribution >= 4 is 33.4 Å². The third kappa shape index (κ3) is 4.97. The summed E-state index contributed by atoms with van der Waals surface area (Å²) in [5, 5.41) is 3.04. The molecule has 1 saturated carbocycles. The first kappa shape index (κ1) is 19.2. The van der Waals surface area contributed by atoms with Crippen molar-refractivity contribution in [1.29, 1.82) is 0 Å². The normalized spacial score (nSPS) is 19.3. The van der Waals surface area contributed by atoms with E-state index in [9.17, 15) is 9.59 Å². The molecule has 0 atom stereocenters. The smallest absolute Gasteiger partial charge is 0.254 e. The van der Waals surface area contributed by atoms with E-state index in [1.54, 1.807) is 36.5 Å². The third-order valence-electron chi connectivity index (χ3n) is 4.51. The van der Waals surface area contributed by atoms with Crippen LogP contribution in [0.1, 0.15) is 46.4 Å². The summed E-state index contributed by atoms with van der Waals surface area (Å²) in [4.78, 5) is 28.0. The van der Waals surface area contributed by atoms with Gasteiger partial charge in [0.15, 0.2) is 0 Å². The number of amides is 2. The highest BCUT2D eigenvalue weighted by Crippen LogP contribution is 2.25. The van der Waals surface area contributed by atoms with Crippen molar-refractivity contribution in [2.45, 2.75) is 37.8 Å². The van der Waals surface area contributed by atoms with Crippen LogP contribution in [0.5, 0.6) is 5.88 Å². The molecule has 142 valence electrons. The molecule has 27 heavy (non-hydrogen) atoms. The van der Waals surface area contributed by atoms with Crippen molar-refractivity contribution in [3.05, 3.63) is 52.1 Å². The molecule has 5 N–H and O–H groups in total. The van der Waals surface area contributed by atoms with Crippen molar-refractivity contribution in [3.8, 4) is 5.88 Å². The lowest BCUT2D eigenvalue weighted by molar-refractivity contribution is 0.0881. The van der Waals surface area contributed by atoms with Gasteiger partial charge in [-0.25, -0.2) is 4.98 Å². The molecule has 1 aliphatic rings. The number of nitrogen functional groups attached to an aromatic ring is 1. The fraction of sp³-hybridized carbons (Fsp3) is 0.316. The monoisotopic (exact) mass is 432 g/mol. The lowest BCUT2D eigenvalue weighted by atomic mass is 9.92. The van der Waals surface area contributed by atoms with Gasteiger partial charge < -0.3 is 21.5 Å². The number of carbonyl (C=O) groups excluding carboxylic acids is 2. The minimum atomic E-state index is -0.563. The minimum Gasteiger partial charge on any atom is -0.474 e. The maximum Gasteiger partial charge on any atom is 0.254 e. The summed E-state index contributed by atoms with van der Waals surface area (Å²) < 4.78 is 6.64. The SMILES string of the molecule is NC(=O)c1cccnc1OC1CCC(NC(=O)c2cc(N)cc(Br)c2)CC1. The molecule has 0 aliphatic heterocycles. The summed E-state index contributed by atoms with van der Waals surface area (Å²) in [6.45, 7) is 0. The zero-order chi connectivity index (χ0) is 19.4. The molecule has 0 unspecified atom stereocenters. The molecular weight excluding hydrogens is 412 g/mol. The van der Waals surface area contributed by atoms with Crippen LogP contribution in [-0.2, 0) is 0 Å². The fourth-order valence-corrected chi connectivity index (χ4v) is 3.68. The summed E-state index contributed by atoms with van der Waals surface area (Å²) in [6.07, 6.45) is 4.56. The zero-order valence-electron chi connectivity index (χ0n) is 14.7. The summed E-state index contributed by atoms with van der Waals surface area (Å²) in [5.41, 5.74) is 12.5. The average Bonchev–Trinajstić information content (AvgIpc) is 2.63. The van der Waals surface area contributed by atoms with Gasteiger partial charge in [0.05, 0.1) is 0 Å². The molecule has 2 amide bonds. The van der Waals surface area contributed by atoms with E-state index in [1.807, 2.05) is 0 Å². The second-order valence-electron chi connectivity index (χ2n) is 6.56. The van der Waals surface area contributed by atoms with Gasteiger partial charge in [0.2, 0.25) is 5.88 Å². The van der Waals surface area contributed by atoms with E-state index in [2.05, 4.69) is 26.2 Å². The van der Waals surface area contributed by atoms with Crippen molar-refractivity contribution in [2.75, 3.05) is 5.73 Å². The van der Waals surface area contributed by atoms with E-state index in [1.165, 1.54) is 0 Å². The topological polar surface area (TPSA) is 120 Å². The van der Waals surface area contributed by atoms with Crippen molar-refractivity contribution in [1.82, 2.24) is 10.3 Å². The lowest BCUT2D eigenvalue weighted by Gasteiger charge is -2.29. The van der Waals surface area contributed by atoms with E-state index in [4.69, 9.17) is 16.2 Å². The number of benzene rings is 1. The van der Waals surface area contributed by atoms with Crippen LogP contribution in [-0.4, -0.2) is 28.9 Å². The Bertz CT molecular complexity index is 830. The van der Waals surface area contributed by atoms with E-state index >= 15 is 0 Å². The molecule has 1 aromatic heterocycles. The predicted molar refractivity (Wildman–Crippen MR) is 105 cm³/mol. The zero-order valence-corrected chi connectivity index (χ0v) is 16.2. The number of nitrogens with two attached hydrogens (primary N) is 2. The van der Waals surface area contributed by atoms with Crippen molar-refractivity contribution in [3.63, 3.8) is 0 Å². The third-order valence-corrected chi connectivity index (χ3v) is 4.96. The number of nitrogens with one attached hydrogen (secondary N) is 1. The number of pyridine rings is 1. The number of hydrogen-bond donors (Lipinski definition) is 3. The summed E-state index contributed by atoms with van der Waals surface area (Å²) in [6, 6.07) is 8.46. The average molecular weight is 433 g/mol. The number of halogens is 1. The highest BCUT2D eigenvalue weighted by Gasteiger charge is 2.25. The quantitative estimate of drug-likeness (QED) is 0.627. The first-order chi connectivity index (χ1) is 12.9. The number of rotatable bonds is 5. The molecule has 0 bridgehead atoms. The van der Waals surface area contributed by atoms with Crippen LogP contribution in [0.3, 0.4) is 0 Å². The second-order valence-corrected chi connectivity index (χ2v) is 7.47. The van der Waals surface area contributed by atoms with Crippen LogP contribution in [0.4, 0.5) is 5.69 Å². The molecule has 1 aliphatic carbocycles. The molecule has 0 spiro atoms. The number of primary amides is 1. The Hall–Kier alpha value is -2.61. The maximum atomic E-state index is 12.4. The predicted octanol–water partition coefficient (Wildman–Crippen LogP) is 2.65. The second kappa shape index (κ2) is 8.39. The van der Waals surface area contributed by atoms with Gasteiger partial charge in [0.1, 0.15) is 11.7 Å². The first-order valence-electron chi connectivity index (χ1n) is 8.71. The van der Waals surface area contributed by atoms with Crippen molar-refractivity contribution in [2.24, 2.45) is 5.73 Å². The molecule has 7 nitrogen and oxygen atoms in total. The standard InChI is InChI=1S/C19H21BrN4O3/c20-12-8-11(9-13(21)10-12)18(26)24-14-3-5-15(6-4-14)27-19-16(17(22)25)2-1-7-23-19/h1-2,7-10,14-15H,3-6,21H2,(H2,22,25)(H,24,26). The fourth-order valence-electron chi connectivity index (χ4n) is 3.17. The largest absolute Gasteiger partial charge is 0.474 e. The van der Waals surface area contributed by atoms with Crippen LogP contribution in [0.25, 0.3) is 0 Å². The lowest BCUT2D eigenvalue weighted by Crippen LogP contribution is -2.39. The Labute approximate surface area is 165 Å². The van der Waals surface area contributed by atoms with Gasteiger partial charge in [-0.1, -0.05) is 15.9 Å². The minimum absolute atomic E-state index is 0.0623. The van der Waals surface area contributed by atoms with Crippen LogP contribution >= 0.6 is 15.9 Å². The van der Waals surface area contributed by atoms with Gasteiger partial charge >= 0.3 is 0 Å². The Morgan fingerprint density at radius 1 is 1.19 bits per heavy atom. The van der Waals surface area contributed by atoms with Gasteiger partial charge in [0.25, 0.3) is 11.8 Å². The van der Waals surface area contributed by atoms with Gasteiger partial charge in [0, 0.05) is 28.0 Å². The number of carbonyl (C=O) groups is 2. The molecule has 0 radical (unpaired) electrons. The van der Waals surface area contributed by atoms with E-state index < -0.39 is 5.91 Å². The molecule has 2 aromatic rings. The van der Waals surface area contributed by atoms with Gasteiger partial charge in [-0.15, -0.1) is 0 Å². The molecule has 8 heteroatoms.